The first-order valence-electron chi connectivity index (χ1n) is 37.2. The number of carbonyl (C=O) groups excluding carboxylic acids is 6. The standard InChI is InChI=1S/C23H46N2O11.2C19H38N2O7.C11H25NO4/c1-5-13(27)18(32)19(33)14(28)9-24-17(31)7-6-12(8-23(2,3)4)22(36)25-10-15(29)20(34)21(35)16(30)11-26;2*1-6-13(22)16(25)17(26)14(23)10-20-15(24)8-7-12(9-19(2,3)4)18(27)21-11-28-5;1-5-7(13)9(15)10(16)8(14)6-12-11(2,3)4/h12-16,18-21,26-30,32-35H,5-11H2,1-4H3,(H,24,31)(H,25,36);2*12-14,16-17,22-23,25-26H,6-11H2,1-5H3,(H,20,24)(H,21,27);7-10,12-16H,5-6H2,1-4H3/t;12?,13-,14+,16-,17-;;7-,8+,9-,10-/m.1.1/s1. The van der Waals surface area contributed by atoms with Crippen LogP contribution < -0.4 is 37.2 Å². The Balaban J connectivity index is -0.000000689. The molecule has 36 heteroatoms. The molecule has 0 aliphatic rings. The van der Waals surface area contributed by atoms with Gasteiger partial charge >= 0.3 is 0 Å². The Hall–Kier alpha value is -4.14. The first kappa shape index (κ1) is 110. The van der Waals surface area contributed by atoms with Gasteiger partial charge in [0.15, 0.2) is 0 Å². The van der Waals surface area contributed by atoms with E-state index in [0.29, 0.717) is 38.5 Å². The zero-order valence-electron chi connectivity index (χ0n) is 67.3. The van der Waals surface area contributed by atoms with E-state index in [1.165, 1.54) is 14.2 Å². The molecule has 0 aromatic heterocycles. The molecule has 15 unspecified atom stereocenters. The summed E-state index contributed by atoms with van der Waals surface area (Å²) < 4.78 is 9.70. The maximum absolute atomic E-state index is 12.7. The molecular weight excluding hydrogens is 1430 g/mol. The number of amides is 6. The van der Waals surface area contributed by atoms with Crippen LogP contribution in [0.4, 0.5) is 0 Å². The lowest BCUT2D eigenvalue weighted by molar-refractivity contribution is -0.131. The third-order valence-electron chi connectivity index (χ3n) is 17.0. The van der Waals surface area contributed by atoms with Crippen LogP contribution >= 0.6 is 0 Å². The van der Waals surface area contributed by atoms with Crippen LogP contribution in [0.3, 0.4) is 0 Å². The molecule has 28 N–H and O–H groups in total. The van der Waals surface area contributed by atoms with Crippen LogP contribution in [0, 0.1) is 34.0 Å². The Kier molecular flexibility index (Phi) is 58.1. The zero-order chi connectivity index (χ0) is 85.0. The summed E-state index contributed by atoms with van der Waals surface area (Å²) in [5.74, 6) is -3.54. The van der Waals surface area contributed by atoms with Crippen molar-refractivity contribution in [1.29, 1.82) is 0 Å². The molecule has 0 heterocycles. The molecule has 23 atom stereocenters. The molecule has 0 spiro atoms. The third kappa shape index (κ3) is 51.5. The van der Waals surface area contributed by atoms with E-state index in [1.54, 1.807) is 27.7 Å². The number of rotatable bonds is 49. The molecule has 0 saturated carbocycles. The van der Waals surface area contributed by atoms with Crippen molar-refractivity contribution in [2.45, 2.75) is 322 Å². The van der Waals surface area contributed by atoms with Crippen molar-refractivity contribution >= 4 is 35.4 Å². The molecule has 0 fully saturated rings. The molecule has 0 bridgehead atoms. The predicted octanol–water partition coefficient (Wildman–Crippen LogP) is -5.41. The summed E-state index contributed by atoms with van der Waals surface area (Å²) in [4.78, 5) is 73.6. The molecule has 0 rings (SSSR count). The summed E-state index contributed by atoms with van der Waals surface area (Å²) in [6.45, 7) is 28.3. The van der Waals surface area contributed by atoms with Gasteiger partial charge in [0.05, 0.1) is 61.5 Å². The maximum Gasteiger partial charge on any atom is 0.224 e. The van der Waals surface area contributed by atoms with Gasteiger partial charge in [0, 0.05) is 89.5 Å². The zero-order valence-corrected chi connectivity index (χ0v) is 67.3. The first-order valence-corrected chi connectivity index (χ1v) is 37.2. The second-order valence-electron chi connectivity index (χ2n) is 32.1. The lowest BCUT2D eigenvalue weighted by atomic mass is 9.82. The third-order valence-corrected chi connectivity index (χ3v) is 17.0. The number of hydrogen-bond donors (Lipinski definition) is 28. The Labute approximate surface area is 638 Å². The van der Waals surface area contributed by atoms with E-state index in [0.717, 1.165) is 0 Å². The van der Waals surface area contributed by atoms with Gasteiger partial charge in [-0.3, -0.25) is 28.8 Å². The summed E-state index contributed by atoms with van der Waals surface area (Å²) in [5.41, 5.74) is -0.659. The maximum atomic E-state index is 12.7. The molecule has 108 heavy (non-hydrogen) atoms. The summed E-state index contributed by atoms with van der Waals surface area (Å²) >= 11 is 0. The quantitative estimate of drug-likeness (QED) is 0.0253. The van der Waals surface area contributed by atoms with Crippen molar-refractivity contribution in [2.24, 2.45) is 34.0 Å². The number of aliphatic hydroxyl groups excluding tert-OH is 21. The van der Waals surface area contributed by atoms with E-state index < -0.39 is 153 Å². The Morgan fingerprint density at radius 3 is 0.704 bits per heavy atom. The second kappa shape index (κ2) is 57.0. The lowest BCUT2D eigenvalue weighted by Gasteiger charge is -2.29. The van der Waals surface area contributed by atoms with E-state index in [-0.39, 0.29) is 142 Å². The number of ether oxygens (including phenoxy) is 2. The van der Waals surface area contributed by atoms with E-state index in [4.69, 9.17) is 14.6 Å². The Morgan fingerprint density at radius 2 is 0.500 bits per heavy atom. The van der Waals surface area contributed by atoms with Crippen LogP contribution in [-0.4, -0.2) is 337 Å². The van der Waals surface area contributed by atoms with Gasteiger partial charge in [-0.2, -0.15) is 0 Å². The van der Waals surface area contributed by atoms with Gasteiger partial charge in [0.25, 0.3) is 0 Å². The highest BCUT2D eigenvalue weighted by molar-refractivity contribution is 5.82. The smallest absolute Gasteiger partial charge is 0.224 e. The Morgan fingerprint density at radius 1 is 0.296 bits per heavy atom. The van der Waals surface area contributed by atoms with Crippen molar-refractivity contribution in [2.75, 3.05) is 67.0 Å². The topological polar surface area (TPSA) is 630 Å². The lowest BCUT2D eigenvalue weighted by Crippen LogP contribution is -2.50. The Bertz CT molecular complexity index is 2300. The summed E-state index contributed by atoms with van der Waals surface area (Å²) in [6, 6.07) is 0. The van der Waals surface area contributed by atoms with Gasteiger partial charge in [-0.05, 0) is 101 Å². The number of methoxy groups -OCH3 is 2. The minimum absolute atomic E-state index is 0.0735. The van der Waals surface area contributed by atoms with Crippen LogP contribution in [0.25, 0.3) is 0 Å². The summed E-state index contributed by atoms with van der Waals surface area (Å²) in [7, 11) is 2.95. The van der Waals surface area contributed by atoms with Crippen LogP contribution in [0.2, 0.25) is 0 Å². The SMILES string of the molecule is CCC(O)C(O)C(O)C(O)CNC(=O)CCC(CC(C)(C)C)C(=O)NCC(O)C(O)C(O)C(O)CO.CCC(O)C(O)C(O)C(O)CNC(=O)CCC(CC(C)(C)C)C(=O)NCOC.CC[C@@H](O)[C@@H](O)[C@H](O)[C@@H](O)CNC(=O)CCC(CC(C)(C)C)C(=O)NCOC.CC[C@@H](O)[C@@H](O)[C@H](O)[C@@H](O)CNC(C)(C)C. The summed E-state index contributed by atoms with van der Waals surface area (Å²) in [6.07, 6.45) is -25.8. The molecular formula is C72H147N7O29. The highest BCUT2D eigenvalue weighted by Crippen LogP contribution is 2.30. The molecule has 644 valence electrons. The van der Waals surface area contributed by atoms with Crippen molar-refractivity contribution in [1.82, 2.24) is 37.2 Å². The fourth-order valence-corrected chi connectivity index (χ4v) is 10.3. The molecule has 36 nitrogen and oxygen atoms in total. The molecule has 0 aliphatic carbocycles. The monoisotopic (exact) mass is 1570 g/mol. The minimum Gasteiger partial charge on any atom is -0.394 e. The van der Waals surface area contributed by atoms with Gasteiger partial charge < -0.3 is 154 Å². The fraction of sp³-hybridized carbons (Fsp3) is 0.917. The number of aliphatic hydroxyl groups is 21. The molecule has 0 aliphatic heterocycles. The number of hydrogen-bond acceptors (Lipinski definition) is 30. The molecule has 0 saturated heterocycles. The molecule has 0 aromatic rings. The number of β-amino-alcohol motifs (C(OH)–C–C–N with tert-alkyl or cyclic N) is 1. The van der Waals surface area contributed by atoms with Crippen molar-refractivity contribution in [3.63, 3.8) is 0 Å². The van der Waals surface area contributed by atoms with Crippen molar-refractivity contribution in [3.8, 4) is 0 Å². The van der Waals surface area contributed by atoms with E-state index in [2.05, 4.69) is 37.2 Å². The van der Waals surface area contributed by atoms with Crippen molar-refractivity contribution < 1.29 is 145 Å². The number of carbonyl (C=O) groups is 6. The van der Waals surface area contributed by atoms with Crippen LogP contribution in [0.1, 0.15) is 194 Å². The van der Waals surface area contributed by atoms with Gasteiger partial charge in [0.2, 0.25) is 35.4 Å². The van der Waals surface area contributed by atoms with Gasteiger partial charge in [-0.25, -0.2) is 0 Å². The van der Waals surface area contributed by atoms with E-state index in [1.807, 2.05) is 83.1 Å². The van der Waals surface area contributed by atoms with E-state index >= 15 is 0 Å². The van der Waals surface area contributed by atoms with E-state index in [9.17, 15) is 131 Å². The normalized spacial score (nSPS) is 18.6. The minimum atomic E-state index is -1.82. The molecule has 0 radical (unpaired) electrons. The van der Waals surface area contributed by atoms with Crippen LogP contribution in [-0.2, 0) is 38.2 Å². The largest absolute Gasteiger partial charge is 0.394 e. The van der Waals surface area contributed by atoms with Crippen molar-refractivity contribution in [3.05, 3.63) is 0 Å². The fourth-order valence-electron chi connectivity index (χ4n) is 10.3. The highest BCUT2D eigenvalue weighted by atomic mass is 16.5. The number of nitrogens with one attached hydrogen (secondary N) is 7. The summed E-state index contributed by atoms with van der Waals surface area (Å²) in [5, 5.41) is 221. The molecule has 0 aromatic carbocycles. The van der Waals surface area contributed by atoms with Gasteiger partial charge in [-0.15, -0.1) is 0 Å². The highest BCUT2D eigenvalue weighted by Gasteiger charge is 2.36. The van der Waals surface area contributed by atoms with Crippen LogP contribution in [0.5, 0.6) is 0 Å². The van der Waals surface area contributed by atoms with Crippen LogP contribution in [0.15, 0.2) is 0 Å². The first-order chi connectivity index (χ1) is 49.6. The average Bonchev–Trinajstić information content (AvgIpc) is 0.901. The van der Waals surface area contributed by atoms with Gasteiger partial charge in [0.1, 0.15) is 80.6 Å². The average molecular weight is 1570 g/mol. The second-order valence-corrected chi connectivity index (χ2v) is 32.1. The molecule has 6 amide bonds. The van der Waals surface area contributed by atoms with Gasteiger partial charge in [-0.1, -0.05) is 90.0 Å². The predicted molar refractivity (Wildman–Crippen MR) is 399 cm³/mol.